The van der Waals surface area contributed by atoms with E-state index in [0.29, 0.717) is 62.1 Å². The van der Waals surface area contributed by atoms with Gasteiger partial charge < -0.3 is 18.9 Å². The van der Waals surface area contributed by atoms with Crippen LogP contribution in [0.15, 0.2) is 152 Å². The van der Waals surface area contributed by atoms with Crippen LogP contribution in [0.25, 0.3) is 22.3 Å². The van der Waals surface area contributed by atoms with Gasteiger partial charge in [-0.1, -0.05) is 115 Å². The van der Waals surface area contributed by atoms with Crippen molar-refractivity contribution in [1.29, 1.82) is 0 Å². The zero-order valence-electron chi connectivity index (χ0n) is 29.3. The molecule has 0 spiro atoms. The number of nitrogens with zero attached hydrogens (tertiary/aromatic N) is 1. The number of carbonyl (C=O) groups excluding carboxylic acids is 3. The Hall–Kier alpha value is -6.93. The lowest BCUT2D eigenvalue weighted by Gasteiger charge is -2.39. The molecule has 6 aromatic rings. The van der Waals surface area contributed by atoms with Crippen molar-refractivity contribution in [2.45, 2.75) is 10.8 Å². The highest BCUT2D eigenvalue weighted by Gasteiger charge is 2.82. The molecule has 2 fully saturated rings. The van der Waals surface area contributed by atoms with Gasteiger partial charge in [0.1, 0.15) is 0 Å². The summed E-state index contributed by atoms with van der Waals surface area (Å²) < 4.78 is 23.2. The minimum Gasteiger partial charge on any atom is -0.454 e. The smallest absolute Gasteiger partial charge is 0.239 e. The number of allylic oxidation sites excluding steroid dienone is 2. The van der Waals surface area contributed by atoms with Crippen molar-refractivity contribution in [1.82, 2.24) is 0 Å². The van der Waals surface area contributed by atoms with Gasteiger partial charge >= 0.3 is 0 Å². The predicted molar refractivity (Wildman–Crippen MR) is 205 cm³/mol. The molecule has 5 aliphatic rings. The van der Waals surface area contributed by atoms with Crippen LogP contribution in [0, 0.1) is 11.8 Å². The molecule has 55 heavy (non-hydrogen) atoms. The van der Waals surface area contributed by atoms with Crippen molar-refractivity contribution in [3.8, 4) is 34.1 Å². The lowest BCUT2D eigenvalue weighted by molar-refractivity contribution is -0.130. The van der Waals surface area contributed by atoms with Gasteiger partial charge in [0, 0.05) is 0 Å². The Balaban J connectivity index is 1.22. The maximum atomic E-state index is 16.3. The molecule has 11 rings (SSSR count). The monoisotopic (exact) mass is 721 g/mol. The van der Waals surface area contributed by atoms with Gasteiger partial charge in [0.15, 0.2) is 28.8 Å². The van der Waals surface area contributed by atoms with E-state index in [0.717, 1.165) is 11.1 Å². The summed E-state index contributed by atoms with van der Waals surface area (Å²) in [6, 6.07) is 47.6. The van der Waals surface area contributed by atoms with Gasteiger partial charge in [0.05, 0.1) is 28.4 Å². The van der Waals surface area contributed by atoms with Crippen LogP contribution in [0.3, 0.4) is 0 Å². The van der Waals surface area contributed by atoms with Gasteiger partial charge in [0.25, 0.3) is 0 Å². The van der Waals surface area contributed by atoms with E-state index in [1.807, 2.05) is 152 Å². The van der Waals surface area contributed by atoms with Gasteiger partial charge in [-0.25, -0.2) is 4.90 Å². The summed E-state index contributed by atoms with van der Waals surface area (Å²) in [6.45, 7) is 0.137. The molecule has 1 saturated carbocycles. The van der Waals surface area contributed by atoms with Gasteiger partial charge in [-0.2, -0.15) is 0 Å². The van der Waals surface area contributed by atoms with Crippen molar-refractivity contribution < 1.29 is 33.3 Å². The van der Waals surface area contributed by atoms with E-state index in [9.17, 15) is 0 Å². The summed E-state index contributed by atoms with van der Waals surface area (Å²) in [4.78, 5) is 48.5. The van der Waals surface area contributed by atoms with Crippen molar-refractivity contribution in [3.63, 3.8) is 0 Å². The van der Waals surface area contributed by atoms with E-state index < -0.39 is 34.5 Å². The average molecular weight is 722 g/mol. The number of carbonyl (C=O) groups is 3. The topological polar surface area (TPSA) is 91.4 Å². The molecule has 3 heterocycles. The lowest BCUT2D eigenvalue weighted by atomic mass is 9.59. The second kappa shape index (κ2) is 11.5. The van der Waals surface area contributed by atoms with Crippen molar-refractivity contribution >= 4 is 34.4 Å². The molecular formula is C47H31NO7. The van der Waals surface area contributed by atoms with E-state index >= 15 is 14.4 Å². The van der Waals surface area contributed by atoms with Gasteiger partial charge in [-0.05, 0) is 80.9 Å². The summed E-state index contributed by atoms with van der Waals surface area (Å²) in [5.74, 6) is -0.936. The highest BCUT2D eigenvalue weighted by molar-refractivity contribution is 6.39. The van der Waals surface area contributed by atoms with E-state index in [2.05, 4.69) is 0 Å². The summed E-state index contributed by atoms with van der Waals surface area (Å²) in [5.41, 5.74) is 3.23. The van der Waals surface area contributed by atoms with Crippen LogP contribution in [0.5, 0.6) is 23.0 Å². The third kappa shape index (κ3) is 4.08. The fourth-order valence-corrected chi connectivity index (χ4v) is 9.92. The van der Waals surface area contributed by atoms with E-state index in [1.165, 1.54) is 4.90 Å². The van der Waals surface area contributed by atoms with Crippen molar-refractivity contribution in [2.75, 3.05) is 18.5 Å². The molecule has 0 unspecified atom stereocenters. The third-order valence-electron chi connectivity index (χ3n) is 12.0. The summed E-state index contributed by atoms with van der Waals surface area (Å²) in [5, 5.41) is 0. The summed E-state index contributed by atoms with van der Waals surface area (Å²) in [6.07, 6.45) is 0. The maximum Gasteiger partial charge on any atom is 0.239 e. The largest absolute Gasteiger partial charge is 0.454 e. The Morgan fingerprint density at radius 2 is 0.836 bits per heavy atom. The first-order valence-corrected chi connectivity index (χ1v) is 18.3. The first-order chi connectivity index (χ1) is 27.0. The number of ether oxygens (including phenoxy) is 4. The predicted octanol–water partition coefficient (Wildman–Crippen LogP) is 8.00. The van der Waals surface area contributed by atoms with Crippen LogP contribution in [-0.2, 0) is 25.2 Å². The molecular weight excluding hydrogens is 691 g/mol. The van der Waals surface area contributed by atoms with Crippen LogP contribution in [-0.4, -0.2) is 31.2 Å². The number of ketones is 1. The van der Waals surface area contributed by atoms with Gasteiger partial charge in [0.2, 0.25) is 25.4 Å². The molecule has 0 aromatic heterocycles. The highest BCUT2D eigenvalue weighted by atomic mass is 16.7. The van der Waals surface area contributed by atoms with Gasteiger partial charge in [-0.15, -0.1) is 0 Å². The number of imide groups is 1. The first kappa shape index (κ1) is 31.6. The average Bonchev–Trinajstić information content (AvgIpc) is 4.05. The summed E-state index contributed by atoms with van der Waals surface area (Å²) in [7, 11) is 0. The zero-order valence-corrected chi connectivity index (χ0v) is 29.3. The SMILES string of the molecule is O=C1[C@@H]2[C@@H](C(=O)N1c1ccc(-c3ccccc3)cc1)[C@@]1(c3ccccc3)C(=O)[C@@]2(c2ccccc2)C(c2ccc3c(c2)OCO3)=C1c1ccc2c(c1)OCO2. The second-order valence-electron chi connectivity index (χ2n) is 14.4. The molecule has 0 radical (unpaired) electrons. The second-order valence-corrected chi connectivity index (χ2v) is 14.4. The number of fused-ring (bicyclic) bond motifs is 7. The standard InChI is InChI=1S/C47H31NO7/c49-43-41-42(44(50)48(43)34-20-16-29(17-21-34)28-10-4-1-5-11-28)47(33-14-8-3-9-15-33)40(31-19-23-36-38(25-31)55-27-53-36)39(30-18-22-35-37(24-30)54-26-52-35)46(41,45(47)51)32-12-6-2-7-13-32/h1-25,41-42H,26-27H2/t41-,42-,46-,47-/m0/s1. The Bertz CT molecular complexity index is 2480. The number of anilines is 1. The molecule has 8 heteroatoms. The molecule has 3 aliphatic heterocycles. The fraction of sp³-hybridized carbons (Fsp3) is 0.128. The number of hydrogen-bond acceptors (Lipinski definition) is 7. The Kier molecular flexibility index (Phi) is 6.62. The fourth-order valence-electron chi connectivity index (χ4n) is 9.92. The molecule has 2 bridgehead atoms. The normalized spacial score (nSPS) is 24.2. The molecule has 0 N–H and O–H groups in total. The van der Waals surface area contributed by atoms with Crippen LogP contribution in [0.2, 0.25) is 0 Å². The number of rotatable bonds is 6. The Labute approximate surface area is 316 Å². The molecule has 8 nitrogen and oxygen atoms in total. The third-order valence-corrected chi connectivity index (χ3v) is 12.0. The molecule has 6 aromatic carbocycles. The minimum atomic E-state index is -1.58. The molecule has 1 saturated heterocycles. The molecule has 4 atom stereocenters. The van der Waals surface area contributed by atoms with Crippen molar-refractivity contribution in [3.05, 3.63) is 174 Å². The Morgan fingerprint density at radius 1 is 0.436 bits per heavy atom. The molecule has 2 amide bonds. The van der Waals surface area contributed by atoms with E-state index in [1.54, 1.807) is 0 Å². The van der Waals surface area contributed by atoms with Crippen LogP contribution < -0.4 is 23.8 Å². The Morgan fingerprint density at radius 3 is 1.31 bits per heavy atom. The first-order valence-electron chi connectivity index (χ1n) is 18.3. The zero-order chi connectivity index (χ0) is 36.9. The number of hydrogen-bond donors (Lipinski definition) is 0. The highest BCUT2D eigenvalue weighted by Crippen LogP contribution is 2.74. The number of amides is 2. The van der Waals surface area contributed by atoms with Crippen LogP contribution in [0.4, 0.5) is 5.69 Å². The van der Waals surface area contributed by atoms with Crippen LogP contribution >= 0.6 is 0 Å². The lowest BCUT2D eigenvalue weighted by Crippen LogP contribution is -2.45. The van der Waals surface area contributed by atoms with Crippen molar-refractivity contribution in [2.24, 2.45) is 11.8 Å². The van der Waals surface area contributed by atoms with E-state index in [4.69, 9.17) is 18.9 Å². The van der Waals surface area contributed by atoms with E-state index in [-0.39, 0.29) is 19.4 Å². The minimum absolute atomic E-state index is 0.0687. The quantitative estimate of drug-likeness (QED) is 0.161. The molecule has 266 valence electrons. The maximum absolute atomic E-state index is 16.3. The number of Topliss-reactive ketones (excluding diaryl/α,β-unsaturated/α-hetero) is 1. The summed E-state index contributed by atoms with van der Waals surface area (Å²) >= 11 is 0. The number of benzene rings is 6. The van der Waals surface area contributed by atoms with Gasteiger partial charge in [-0.3, -0.25) is 14.4 Å². The van der Waals surface area contributed by atoms with Crippen LogP contribution in [0.1, 0.15) is 22.3 Å². The molecule has 2 aliphatic carbocycles.